The highest BCUT2D eigenvalue weighted by Gasteiger charge is 2.18. The van der Waals surface area contributed by atoms with Gasteiger partial charge in [-0.3, -0.25) is 9.89 Å². The van der Waals surface area contributed by atoms with Crippen molar-refractivity contribution in [1.29, 1.82) is 0 Å². The van der Waals surface area contributed by atoms with Gasteiger partial charge in [0.25, 0.3) is 5.91 Å². The monoisotopic (exact) mass is 258 g/mol. The van der Waals surface area contributed by atoms with E-state index in [2.05, 4.69) is 20.8 Å². The van der Waals surface area contributed by atoms with Crippen molar-refractivity contribution >= 4 is 16.8 Å². The van der Waals surface area contributed by atoms with Crippen molar-refractivity contribution in [3.05, 3.63) is 29.5 Å². The molecule has 1 fully saturated rings. The SMILES string of the molecule is Cc1cc(C(=O)N[C@H]2CCCNC2)c2[nH]ncc2c1. The minimum atomic E-state index is -0.0216. The molecule has 5 nitrogen and oxygen atoms in total. The van der Waals surface area contributed by atoms with Gasteiger partial charge in [0.15, 0.2) is 0 Å². The lowest BCUT2D eigenvalue weighted by Crippen LogP contribution is -2.45. The molecule has 1 atom stereocenters. The third-order valence-electron chi connectivity index (χ3n) is 3.57. The topological polar surface area (TPSA) is 69.8 Å². The lowest BCUT2D eigenvalue weighted by Gasteiger charge is -2.23. The van der Waals surface area contributed by atoms with Crippen LogP contribution in [0.25, 0.3) is 10.9 Å². The molecular weight excluding hydrogens is 240 g/mol. The first kappa shape index (κ1) is 12.2. The number of aryl methyl sites for hydroxylation is 1. The Morgan fingerprint density at radius 3 is 3.16 bits per heavy atom. The fraction of sp³-hybridized carbons (Fsp3) is 0.429. The quantitative estimate of drug-likeness (QED) is 0.761. The standard InChI is InChI=1S/C14H18N4O/c1-9-5-10-7-16-18-13(10)12(6-9)14(19)17-11-3-2-4-15-8-11/h5-7,11,15H,2-4,8H2,1H3,(H,16,18)(H,17,19)/t11-/m0/s1. The summed E-state index contributed by atoms with van der Waals surface area (Å²) < 4.78 is 0. The number of benzene rings is 1. The van der Waals surface area contributed by atoms with Gasteiger partial charge in [0, 0.05) is 18.0 Å². The Bertz CT molecular complexity index is 599. The van der Waals surface area contributed by atoms with Crippen LogP contribution in [0.5, 0.6) is 0 Å². The number of piperidine rings is 1. The van der Waals surface area contributed by atoms with Gasteiger partial charge in [0.2, 0.25) is 0 Å². The molecule has 3 rings (SSSR count). The maximum atomic E-state index is 12.4. The maximum Gasteiger partial charge on any atom is 0.253 e. The van der Waals surface area contributed by atoms with Crippen molar-refractivity contribution in [3.63, 3.8) is 0 Å². The number of amides is 1. The van der Waals surface area contributed by atoms with Crippen LogP contribution in [-0.4, -0.2) is 35.2 Å². The number of carbonyl (C=O) groups is 1. The van der Waals surface area contributed by atoms with Gasteiger partial charge in [-0.2, -0.15) is 5.10 Å². The van der Waals surface area contributed by atoms with Crippen LogP contribution >= 0.6 is 0 Å². The summed E-state index contributed by atoms with van der Waals surface area (Å²) >= 11 is 0. The second-order valence-electron chi connectivity index (χ2n) is 5.16. The second kappa shape index (κ2) is 5.01. The normalized spacial score (nSPS) is 19.5. The Morgan fingerprint density at radius 1 is 1.47 bits per heavy atom. The third kappa shape index (κ3) is 2.46. The zero-order chi connectivity index (χ0) is 13.2. The molecule has 5 heteroatoms. The molecule has 2 aromatic rings. The van der Waals surface area contributed by atoms with Gasteiger partial charge in [-0.05, 0) is 44.0 Å². The number of nitrogens with one attached hydrogen (secondary N) is 3. The molecule has 0 saturated carbocycles. The Labute approximate surface area is 111 Å². The number of nitrogens with zero attached hydrogens (tertiary/aromatic N) is 1. The van der Waals surface area contributed by atoms with Crippen LogP contribution in [0.15, 0.2) is 18.3 Å². The summed E-state index contributed by atoms with van der Waals surface area (Å²) in [7, 11) is 0. The van der Waals surface area contributed by atoms with Crippen LogP contribution in [0.4, 0.5) is 0 Å². The Kier molecular flexibility index (Phi) is 3.21. The molecule has 1 aliphatic rings. The van der Waals surface area contributed by atoms with E-state index in [0.29, 0.717) is 5.56 Å². The molecule has 0 unspecified atom stereocenters. The van der Waals surface area contributed by atoms with E-state index in [1.165, 1.54) is 0 Å². The van der Waals surface area contributed by atoms with E-state index in [1.54, 1.807) is 6.20 Å². The zero-order valence-electron chi connectivity index (χ0n) is 11.0. The van der Waals surface area contributed by atoms with Gasteiger partial charge in [-0.15, -0.1) is 0 Å². The van der Waals surface area contributed by atoms with Gasteiger partial charge in [0.1, 0.15) is 0 Å². The first-order valence-corrected chi connectivity index (χ1v) is 6.69. The molecule has 100 valence electrons. The van der Waals surface area contributed by atoms with Crippen molar-refractivity contribution < 1.29 is 4.79 Å². The van der Waals surface area contributed by atoms with Crippen LogP contribution < -0.4 is 10.6 Å². The average molecular weight is 258 g/mol. The largest absolute Gasteiger partial charge is 0.348 e. The van der Waals surface area contributed by atoms with Gasteiger partial charge in [0.05, 0.1) is 17.3 Å². The van der Waals surface area contributed by atoms with Gasteiger partial charge in [-0.25, -0.2) is 0 Å². The minimum Gasteiger partial charge on any atom is -0.348 e. The van der Waals surface area contributed by atoms with Crippen molar-refractivity contribution in [2.45, 2.75) is 25.8 Å². The summed E-state index contributed by atoms with van der Waals surface area (Å²) in [5.74, 6) is -0.0216. The number of aromatic amines is 1. The molecule has 1 aliphatic heterocycles. The van der Waals surface area contributed by atoms with Crippen LogP contribution in [-0.2, 0) is 0 Å². The molecule has 0 bridgehead atoms. The molecule has 3 N–H and O–H groups in total. The van der Waals surface area contributed by atoms with Crippen molar-refractivity contribution in [3.8, 4) is 0 Å². The lowest BCUT2D eigenvalue weighted by atomic mass is 10.0. The van der Waals surface area contributed by atoms with Gasteiger partial charge in [-0.1, -0.05) is 0 Å². The Hall–Kier alpha value is -1.88. The molecule has 1 saturated heterocycles. The molecule has 0 spiro atoms. The van der Waals surface area contributed by atoms with Crippen molar-refractivity contribution in [2.24, 2.45) is 0 Å². The third-order valence-corrected chi connectivity index (χ3v) is 3.57. The van der Waals surface area contributed by atoms with Crippen LogP contribution in [0.1, 0.15) is 28.8 Å². The van der Waals surface area contributed by atoms with Gasteiger partial charge < -0.3 is 10.6 Å². The van der Waals surface area contributed by atoms with E-state index < -0.39 is 0 Å². The molecule has 0 radical (unpaired) electrons. The highest BCUT2D eigenvalue weighted by molar-refractivity contribution is 6.05. The summed E-state index contributed by atoms with van der Waals surface area (Å²) in [6.07, 6.45) is 3.90. The summed E-state index contributed by atoms with van der Waals surface area (Å²) in [6.45, 7) is 3.89. The lowest BCUT2D eigenvalue weighted by molar-refractivity contribution is 0.0932. The number of aromatic nitrogens is 2. The molecule has 2 heterocycles. The van der Waals surface area contributed by atoms with E-state index in [9.17, 15) is 4.79 Å². The first-order valence-electron chi connectivity index (χ1n) is 6.69. The highest BCUT2D eigenvalue weighted by atomic mass is 16.1. The smallest absolute Gasteiger partial charge is 0.253 e. The van der Waals surface area contributed by atoms with E-state index >= 15 is 0 Å². The highest BCUT2D eigenvalue weighted by Crippen LogP contribution is 2.18. The summed E-state index contributed by atoms with van der Waals surface area (Å²) in [5.41, 5.74) is 2.56. The molecule has 1 aromatic heterocycles. The Morgan fingerprint density at radius 2 is 2.37 bits per heavy atom. The van der Waals surface area contributed by atoms with Crippen molar-refractivity contribution in [1.82, 2.24) is 20.8 Å². The summed E-state index contributed by atoms with van der Waals surface area (Å²) in [5, 5.41) is 14.3. The van der Waals surface area contributed by atoms with Crippen LogP contribution in [0, 0.1) is 6.92 Å². The van der Waals surface area contributed by atoms with E-state index in [-0.39, 0.29) is 11.9 Å². The number of carbonyl (C=O) groups excluding carboxylic acids is 1. The van der Waals surface area contributed by atoms with E-state index in [4.69, 9.17) is 0 Å². The number of hydrogen-bond donors (Lipinski definition) is 3. The molecular formula is C14H18N4O. The van der Waals surface area contributed by atoms with E-state index in [0.717, 1.165) is 42.4 Å². The number of hydrogen-bond acceptors (Lipinski definition) is 3. The molecule has 19 heavy (non-hydrogen) atoms. The van der Waals surface area contributed by atoms with Crippen molar-refractivity contribution in [2.75, 3.05) is 13.1 Å². The fourth-order valence-corrected chi connectivity index (χ4v) is 2.62. The second-order valence-corrected chi connectivity index (χ2v) is 5.16. The fourth-order valence-electron chi connectivity index (χ4n) is 2.62. The minimum absolute atomic E-state index is 0.0216. The molecule has 0 aliphatic carbocycles. The predicted octanol–water partition coefficient (Wildman–Crippen LogP) is 1.35. The maximum absolute atomic E-state index is 12.4. The van der Waals surface area contributed by atoms with Crippen LogP contribution in [0.2, 0.25) is 0 Å². The number of fused-ring (bicyclic) bond motifs is 1. The predicted molar refractivity (Wildman–Crippen MR) is 74.2 cm³/mol. The number of H-pyrrole nitrogens is 1. The summed E-state index contributed by atoms with van der Waals surface area (Å²) in [6, 6.07) is 4.16. The van der Waals surface area contributed by atoms with Crippen LogP contribution in [0.3, 0.4) is 0 Å². The van der Waals surface area contributed by atoms with Gasteiger partial charge >= 0.3 is 0 Å². The van der Waals surface area contributed by atoms with E-state index in [1.807, 2.05) is 19.1 Å². The average Bonchev–Trinajstić information content (AvgIpc) is 2.86. The zero-order valence-corrected chi connectivity index (χ0v) is 11.0. The summed E-state index contributed by atoms with van der Waals surface area (Å²) in [4.78, 5) is 12.4. The number of rotatable bonds is 2. The first-order chi connectivity index (χ1) is 9.24. The molecule has 1 aromatic carbocycles. The molecule has 1 amide bonds. The Balaban J connectivity index is 1.86.